The van der Waals surface area contributed by atoms with E-state index in [1.807, 2.05) is 6.92 Å². The molecule has 1 saturated heterocycles. The zero-order chi connectivity index (χ0) is 12.1. The fourth-order valence-electron chi connectivity index (χ4n) is 1.63. The van der Waals surface area contributed by atoms with Crippen LogP contribution in [0.15, 0.2) is 0 Å². The molecule has 1 aliphatic rings. The van der Waals surface area contributed by atoms with Gasteiger partial charge in [-0.05, 0) is 6.42 Å². The van der Waals surface area contributed by atoms with Crippen LogP contribution in [0.4, 0.5) is 0 Å². The maximum Gasteiger partial charge on any atom is 0.184 e. The van der Waals surface area contributed by atoms with E-state index < -0.39 is 37.3 Å². The first-order chi connectivity index (χ1) is 7.61. The lowest BCUT2D eigenvalue weighted by Crippen LogP contribution is -2.59. The third-order valence-corrected chi connectivity index (χ3v) is 2.65. The Morgan fingerprint density at radius 1 is 1.19 bits per heavy atom. The minimum absolute atomic E-state index is 0.389. The Morgan fingerprint density at radius 2 is 1.88 bits per heavy atom. The van der Waals surface area contributed by atoms with Gasteiger partial charge in [-0.15, -0.1) is 0 Å². The second kappa shape index (κ2) is 6.48. The van der Waals surface area contributed by atoms with Crippen molar-refractivity contribution in [3.8, 4) is 0 Å². The Morgan fingerprint density at radius 3 is 2.44 bits per heavy atom. The predicted molar refractivity (Wildman–Crippen MR) is 54.6 cm³/mol. The predicted octanol–water partition coefficient (Wildman–Crippen LogP) is -1.40. The molecule has 0 aliphatic carbocycles. The first-order valence-electron chi connectivity index (χ1n) is 5.54. The molecule has 4 N–H and O–H groups in total. The average molecular weight is 236 g/mol. The molecule has 5 atom stereocenters. The van der Waals surface area contributed by atoms with E-state index >= 15 is 0 Å². The minimum atomic E-state index is -1.44. The molecule has 1 aliphatic heterocycles. The molecule has 0 unspecified atom stereocenters. The first kappa shape index (κ1) is 13.8. The van der Waals surface area contributed by atoms with Gasteiger partial charge in [-0.25, -0.2) is 0 Å². The van der Waals surface area contributed by atoms with Gasteiger partial charge in [0.1, 0.15) is 24.4 Å². The molecule has 6 nitrogen and oxygen atoms in total. The van der Waals surface area contributed by atoms with Crippen LogP contribution in [0.25, 0.3) is 0 Å². The highest BCUT2D eigenvalue weighted by Crippen LogP contribution is 2.22. The van der Waals surface area contributed by atoms with Gasteiger partial charge in [-0.3, -0.25) is 0 Å². The quantitative estimate of drug-likeness (QED) is 0.438. The Labute approximate surface area is 94.4 Å². The molecule has 96 valence electrons. The summed E-state index contributed by atoms with van der Waals surface area (Å²) in [7, 11) is 0. The van der Waals surface area contributed by atoms with E-state index in [-0.39, 0.29) is 0 Å². The van der Waals surface area contributed by atoms with Crippen LogP contribution in [0.2, 0.25) is 0 Å². The van der Waals surface area contributed by atoms with Crippen molar-refractivity contribution >= 4 is 0 Å². The van der Waals surface area contributed by atoms with Crippen LogP contribution in [0, 0.1) is 0 Å². The van der Waals surface area contributed by atoms with Crippen LogP contribution in [-0.4, -0.2) is 64.3 Å². The minimum Gasteiger partial charge on any atom is -0.394 e. The summed E-state index contributed by atoms with van der Waals surface area (Å²) in [6.07, 6.45) is -3.99. The molecule has 1 rings (SSSR count). The lowest BCUT2D eigenvalue weighted by Gasteiger charge is -2.39. The smallest absolute Gasteiger partial charge is 0.184 e. The topological polar surface area (TPSA) is 99.4 Å². The summed E-state index contributed by atoms with van der Waals surface area (Å²) in [6, 6.07) is 0. The van der Waals surface area contributed by atoms with Gasteiger partial charge in [0.05, 0.1) is 6.61 Å². The maximum atomic E-state index is 9.74. The molecule has 0 spiro atoms. The number of ether oxygens (including phenoxy) is 2. The Balaban J connectivity index is 2.55. The van der Waals surface area contributed by atoms with E-state index in [0.717, 1.165) is 12.8 Å². The second-order valence-electron chi connectivity index (χ2n) is 3.92. The van der Waals surface area contributed by atoms with Crippen molar-refractivity contribution in [2.24, 2.45) is 0 Å². The highest BCUT2D eigenvalue weighted by Gasteiger charge is 2.44. The van der Waals surface area contributed by atoms with Gasteiger partial charge in [0.15, 0.2) is 6.29 Å². The van der Waals surface area contributed by atoms with E-state index in [1.165, 1.54) is 0 Å². The number of hydrogen-bond donors (Lipinski definition) is 4. The molecule has 0 aromatic carbocycles. The van der Waals surface area contributed by atoms with Crippen molar-refractivity contribution in [3.05, 3.63) is 0 Å². The van der Waals surface area contributed by atoms with E-state index in [9.17, 15) is 15.3 Å². The zero-order valence-electron chi connectivity index (χ0n) is 9.32. The summed E-state index contributed by atoms with van der Waals surface area (Å²) < 4.78 is 10.1. The second-order valence-corrected chi connectivity index (χ2v) is 3.92. The monoisotopic (exact) mass is 236 g/mol. The van der Waals surface area contributed by atoms with Gasteiger partial charge >= 0.3 is 0 Å². The summed E-state index contributed by atoms with van der Waals surface area (Å²) in [6.45, 7) is 1.95. The number of aliphatic hydroxyl groups excluding tert-OH is 4. The third kappa shape index (κ3) is 3.13. The molecule has 16 heavy (non-hydrogen) atoms. The van der Waals surface area contributed by atoms with Crippen LogP contribution in [0.5, 0.6) is 0 Å². The summed E-state index contributed by atoms with van der Waals surface area (Å²) in [4.78, 5) is 0. The van der Waals surface area contributed by atoms with Crippen molar-refractivity contribution in [1.82, 2.24) is 0 Å². The van der Waals surface area contributed by atoms with Gasteiger partial charge in [0.25, 0.3) is 0 Å². The molecule has 1 heterocycles. The molecule has 0 aromatic heterocycles. The number of hydrogen-bond acceptors (Lipinski definition) is 6. The Hall–Kier alpha value is -0.240. The lowest BCUT2D eigenvalue weighted by atomic mass is 9.99. The largest absolute Gasteiger partial charge is 0.394 e. The average Bonchev–Trinajstić information content (AvgIpc) is 2.28. The zero-order valence-corrected chi connectivity index (χ0v) is 9.32. The molecule has 0 aromatic rings. The van der Waals surface area contributed by atoms with Gasteiger partial charge in [0, 0.05) is 6.61 Å². The van der Waals surface area contributed by atoms with Crippen molar-refractivity contribution < 1.29 is 29.9 Å². The number of unbranched alkanes of at least 4 members (excludes halogenated alkanes) is 1. The summed E-state index contributed by atoms with van der Waals surface area (Å²) >= 11 is 0. The van der Waals surface area contributed by atoms with Crippen molar-refractivity contribution in [1.29, 1.82) is 0 Å². The van der Waals surface area contributed by atoms with Crippen LogP contribution in [0.1, 0.15) is 19.8 Å². The highest BCUT2D eigenvalue weighted by atomic mass is 16.6. The van der Waals surface area contributed by atoms with Crippen molar-refractivity contribution in [3.63, 3.8) is 0 Å². The van der Waals surface area contributed by atoms with Crippen molar-refractivity contribution in [2.45, 2.75) is 50.5 Å². The number of rotatable bonds is 5. The van der Waals surface area contributed by atoms with Crippen LogP contribution < -0.4 is 0 Å². The van der Waals surface area contributed by atoms with Gasteiger partial charge in [0.2, 0.25) is 0 Å². The fourth-order valence-corrected chi connectivity index (χ4v) is 1.63. The molecule has 0 radical (unpaired) electrons. The maximum absolute atomic E-state index is 9.74. The Kier molecular flexibility index (Phi) is 5.60. The Bertz CT molecular complexity index is 200. The highest BCUT2D eigenvalue weighted by molar-refractivity contribution is 4.89. The molecule has 1 fully saturated rings. The first-order valence-corrected chi connectivity index (χ1v) is 5.54. The van der Waals surface area contributed by atoms with Gasteiger partial charge < -0.3 is 29.9 Å². The molecule has 0 saturated carbocycles. The van der Waals surface area contributed by atoms with E-state index in [0.29, 0.717) is 6.61 Å². The third-order valence-electron chi connectivity index (χ3n) is 2.65. The van der Waals surface area contributed by atoms with E-state index in [1.54, 1.807) is 0 Å². The standard InChI is InChI=1S/C10H20O6/c1-2-3-4-15-9-7(12)6(5-11)16-10(14)8(9)13/h6-14H,2-5H2,1H3/t6-,7-,8+,9-,10+/m1/s1. The summed E-state index contributed by atoms with van der Waals surface area (Å²) in [5.74, 6) is 0. The SMILES string of the molecule is CCCCO[C@H]1[C@H](O)[C@@H](O)O[C@H](CO)[C@H]1O. The van der Waals surface area contributed by atoms with Crippen LogP contribution >= 0.6 is 0 Å². The van der Waals surface area contributed by atoms with E-state index in [4.69, 9.17) is 14.6 Å². The van der Waals surface area contributed by atoms with Gasteiger partial charge in [-0.1, -0.05) is 13.3 Å². The number of aliphatic hydroxyl groups is 4. The lowest BCUT2D eigenvalue weighted by molar-refractivity contribution is -0.294. The van der Waals surface area contributed by atoms with Crippen molar-refractivity contribution in [2.75, 3.05) is 13.2 Å². The fraction of sp³-hybridized carbons (Fsp3) is 1.00. The summed E-state index contributed by atoms with van der Waals surface area (Å²) in [5.41, 5.74) is 0. The molecule has 0 amide bonds. The van der Waals surface area contributed by atoms with E-state index in [2.05, 4.69) is 0 Å². The normalized spacial score (nSPS) is 39.9. The molecule has 0 bridgehead atoms. The van der Waals surface area contributed by atoms with Crippen LogP contribution in [-0.2, 0) is 9.47 Å². The van der Waals surface area contributed by atoms with Crippen LogP contribution in [0.3, 0.4) is 0 Å². The molecule has 6 heteroatoms. The van der Waals surface area contributed by atoms with Gasteiger partial charge in [-0.2, -0.15) is 0 Å². The molecular formula is C10H20O6. The molecular weight excluding hydrogens is 216 g/mol. The summed E-state index contributed by atoms with van der Waals surface area (Å²) in [5, 5.41) is 37.6.